The predicted octanol–water partition coefficient (Wildman–Crippen LogP) is 3.05. The Morgan fingerprint density at radius 2 is 1.65 bits per heavy atom. The van der Waals surface area contributed by atoms with Crippen LogP contribution in [0.1, 0.15) is 45.4 Å². The van der Waals surface area contributed by atoms with Gasteiger partial charge in [-0.05, 0) is 69.7 Å². The first kappa shape index (κ1) is 11.5. The third-order valence-electron chi connectivity index (χ3n) is 5.73. The van der Waals surface area contributed by atoms with Crippen LogP contribution in [0, 0.1) is 35.0 Å². The highest BCUT2D eigenvalue weighted by molar-refractivity contribution is 5.02. The second-order valence-corrected chi connectivity index (χ2v) is 6.80. The minimum Gasteiger partial charge on any atom is -0.299 e. The fourth-order valence-electron chi connectivity index (χ4n) is 5.13. The topological polar surface area (TPSA) is 27.0 Å². The van der Waals surface area contributed by atoms with Gasteiger partial charge >= 0.3 is 0 Å². The number of nitriles is 1. The van der Waals surface area contributed by atoms with E-state index in [1.807, 2.05) is 0 Å². The van der Waals surface area contributed by atoms with Gasteiger partial charge in [-0.15, -0.1) is 0 Å². The summed E-state index contributed by atoms with van der Waals surface area (Å²) in [6.45, 7) is 2.22. The molecule has 0 aromatic heterocycles. The summed E-state index contributed by atoms with van der Waals surface area (Å²) in [5, 5.41) is 8.86. The molecule has 4 saturated carbocycles. The molecule has 4 rings (SSSR count). The zero-order valence-corrected chi connectivity index (χ0v) is 11.1. The standard InChI is InChI=1S/C15H24N2/c1-10(3-4-16)17(2)15-13-6-11-5-12(8-13)9-14(15)7-11/h10-15H,3,5-9H2,1-2H3. The highest BCUT2D eigenvalue weighted by Gasteiger charge is 2.49. The molecule has 4 aliphatic rings. The summed E-state index contributed by atoms with van der Waals surface area (Å²) in [5.41, 5.74) is 0. The molecule has 0 heterocycles. The van der Waals surface area contributed by atoms with Crippen LogP contribution in [0.15, 0.2) is 0 Å². The van der Waals surface area contributed by atoms with Crippen molar-refractivity contribution in [1.29, 1.82) is 5.26 Å². The Labute approximate surface area is 105 Å². The number of hydrogen-bond acceptors (Lipinski definition) is 2. The average Bonchev–Trinajstić information content (AvgIpc) is 2.27. The van der Waals surface area contributed by atoms with Crippen LogP contribution in [0.2, 0.25) is 0 Å². The van der Waals surface area contributed by atoms with Crippen LogP contribution < -0.4 is 0 Å². The lowest BCUT2D eigenvalue weighted by Gasteiger charge is -2.57. The van der Waals surface area contributed by atoms with Gasteiger partial charge in [-0.25, -0.2) is 0 Å². The summed E-state index contributed by atoms with van der Waals surface area (Å²) in [4.78, 5) is 2.54. The largest absolute Gasteiger partial charge is 0.299 e. The van der Waals surface area contributed by atoms with Crippen molar-refractivity contribution in [2.75, 3.05) is 7.05 Å². The molecule has 2 heteroatoms. The molecule has 4 aliphatic carbocycles. The molecule has 0 aromatic rings. The van der Waals surface area contributed by atoms with E-state index in [4.69, 9.17) is 5.26 Å². The SMILES string of the molecule is CC(CC#N)N(C)C1C2CC3CC(C2)CC1C3. The molecule has 0 N–H and O–H groups in total. The van der Waals surface area contributed by atoms with Crippen molar-refractivity contribution in [2.24, 2.45) is 23.7 Å². The van der Waals surface area contributed by atoms with E-state index in [-0.39, 0.29) is 0 Å². The van der Waals surface area contributed by atoms with Crippen molar-refractivity contribution < 1.29 is 0 Å². The van der Waals surface area contributed by atoms with E-state index in [1.165, 1.54) is 32.1 Å². The first-order valence-corrected chi connectivity index (χ1v) is 7.28. The molecule has 1 atom stereocenters. The molecule has 0 amide bonds. The van der Waals surface area contributed by atoms with Crippen LogP contribution >= 0.6 is 0 Å². The van der Waals surface area contributed by atoms with Crippen molar-refractivity contribution in [2.45, 2.75) is 57.5 Å². The first-order chi connectivity index (χ1) is 8.19. The first-order valence-electron chi connectivity index (χ1n) is 7.28. The van der Waals surface area contributed by atoms with Gasteiger partial charge < -0.3 is 0 Å². The van der Waals surface area contributed by atoms with E-state index in [0.717, 1.165) is 29.7 Å². The second kappa shape index (κ2) is 4.28. The Kier molecular flexibility index (Phi) is 2.91. The quantitative estimate of drug-likeness (QED) is 0.748. The Bertz CT molecular complexity index is 302. The lowest BCUT2D eigenvalue weighted by atomic mass is 9.54. The summed E-state index contributed by atoms with van der Waals surface area (Å²) in [6, 6.07) is 3.55. The van der Waals surface area contributed by atoms with Crippen LogP contribution in [0.4, 0.5) is 0 Å². The van der Waals surface area contributed by atoms with Crippen LogP contribution in [-0.4, -0.2) is 24.0 Å². The van der Waals surface area contributed by atoms with Crippen molar-refractivity contribution in [1.82, 2.24) is 4.90 Å². The van der Waals surface area contributed by atoms with Crippen LogP contribution in [-0.2, 0) is 0 Å². The van der Waals surface area contributed by atoms with E-state index in [1.54, 1.807) is 0 Å². The minimum absolute atomic E-state index is 0.433. The van der Waals surface area contributed by atoms with E-state index in [9.17, 15) is 0 Å². The molecule has 0 aliphatic heterocycles. The van der Waals surface area contributed by atoms with Gasteiger partial charge in [0.15, 0.2) is 0 Å². The maximum absolute atomic E-state index is 8.86. The van der Waals surface area contributed by atoms with E-state index < -0.39 is 0 Å². The molecule has 17 heavy (non-hydrogen) atoms. The second-order valence-electron chi connectivity index (χ2n) is 6.80. The summed E-state index contributed by atoms with van der Waals surface area (Å²) in [6.07, 6.45) is 8.10. The maximum atomic E-state index is 8.86. The van der Waals surface area contributed by atoms with Gasteiger partial charge in [0.25, 0.3) is 0 Å². The minimum atomic E-state index is 0.433. The summed E-state index contributed by atoms with van der Waals surface area (Å²) >= 11 is 0. The third kappa shape index (κ3) is 1.89. The molecule has 0 spiro atoms. The molecule has 0 saturated heterocycles. The number of hydrogen-bond donors (Lipinski definition) is 0. The molecule has 4 bridgehead atoms. The van der Waals surface area contributed by atoms with Crippen molar-refractivity contribution in [3.8, 4) is 6.07 Å². The zero-order valence-electron chi connectivity index (χ0n) is 11.1. The fraction of sp³-hybridized carbons (Fsp3) is 0.933. The highest BCUT2D eigenvalue weighted by Crippen LogP contribution is 2.55. The number of nitrogens with zero attached hydrogens (tertiary/aromatic N) is 2. The molecule has 1 unspecified atom stereocenters. The summed E-state index contributed by atoms with van der Waals surface area (Å²) < 4.78 is 0. The summed E-state index contributed by atoms with van der Waals surface area (Å²) in [7, 11) is 2.26. The van der Waals surface area contributed by atoms with E-state index >= 15 is 0 Å². The lowest BCUT2D eigenvalue weighted by molar-refractivity contribution is -0.0670. The molecular weight excluding hydrogens is 208 g/mol. The molecule has 4 fully saturated rings. The van der Waals surface area contributed by atoms with Crippen molar-refractivity contribution in [3.05, 3.63) is 0 Å². The molecule has 2 nitrogen and oxygen atoms in total. The van der Waals surface area contributed by atoms with E-state index in [2.05, 4.69) is 24.9 Å². The predicted molar refractivity (Wildman–Crippen MR) is 68.3 cm³/mol. The van der Waals surface area contributed by atoms with Crippen molar-refractivity contribution >= 4 is 0 Å². The summed E-state index contributed by atoms with van der Waals surface area (Å²) in [5.74, 6) is 3.98. The zero-order chi connectivity index (χ0) is 12.0. The molecular formula is C15H24N2. The Balaban J connectivity index is 1.73. The van der Waals surface area contributed by atoms with Gasteiger partial charge in [0, 0.05) is 12.1 Å². The molecule has 94 valence electrons. The monoisotopic (exact) mass is 232 g/mol. The van der Waals surface area contributed by atoms with Gasteiger partial charge in [0.2, 0.25) is 0 Å². The Hall–Kier alpha value is -0.550. The normalized spacial score (nSPS) is 44.9. The Morgan fingerprint density at radius 1 is 1.12 bits per heavy atom. The number of rotatable bonds is 3. The third-order valence-corrected chi connectivity index (χ3v) is 5.73. The van der Waals surface area contributed by atoms with Crippen LogP contribution in [0.3, 0.4) is 0 Å². The highest BCUT2D eigenvalue weighted by atomic mass is 15.2. The van der Waals surface area contributed by atoms with Gasteiger partial charge in [-0.2, -0.15) is 5.26 Å². The average molecular weight is 232 g/mol. The molecule has 0 aromatic carbocycles. The fourth-order valence-corrected chi connectivity index (χ4v) is 5.13. The van der Waals surface area contributed by atoms with Crippen molar-refractivity contribution in [3.63, 3.8) is 0 Å². The smallest absolute Gasteiger partial charge is 0.0638 e. The van der Waals surface area contributed by atoms with Crippen LogP contribution in [0.25, 0.3) is 0 Å². The van der Waals surface area contributed by atoms with Gasteiger partial charge in [-0.1, -0.05) is 0 Å². The van der Waals surface area contributed by atoms with Gasteiger partial charge in [-0.3, -0.25) is 4.90 Å². The Morgan fingerprint density at radius 3 is 2.12 bits per heavy atom. The van der Waals surface area contributed by atoms with Gasteiger partial charge in [0.1, 0.15) is 0 Å². The van der Waals surface area contributed by atoms with E-state index in [0.29, 0.717) is 12.5 Å². The maximum Gasteiger partial charge on any atom is 0.0638 e. The molecule has 0 radical (unpaired) electrons. The van der Waals surface area contributed by atoms with Gasteiger partial charge in [0.05, 0.1) is 12.5 Å². The van der Waals surface area contributed by atoms with Crippen LogP contribution in [0.5, 0.6) is 0 Å². The lowest BCUT2D eigenvalue weighted by Crippen LogP contribution is -2.56.